The van der Waals surface area contributed by atoms with E-state index >= 15 is 0 Å². The Bertz CT molecular complexity index is 684. The Morgan fingerprint density at radius 1 is 1.40 bits per heavy atom. The van der Waals surface area contributed by atoms with Crippen molar-refractivity contribution in [2.45, 2.75) is 58.6 Å². The Labute approximate surface area is 150 Å². The topological polar surface area (TPSA) is 51.2 Å². The highest BCUT2D eigenvalue weighted by atomic mass is 16.6. The number of ether oxygens (including phenoxy) is 1. The lowest BCUT2D eigenvalue weighted by Crippen LogP contribution is -2.40. The van der Waals surface area contributed by atoms with E-state index in [1.54, 1.807) is 17.3 Å². The number of hydrogen-bond acceptors (Lipinski definition) is 4. The summed E-state index contributed by atoms with van der Waals surface area (Å²) in [5, 5.41) is 3.42. The summed E-state index contributed by atoms with van der Waals surface area (Å²) in [6.07, 6.45) is 7.68. The average molecular weight is 340 g/mol. The molecule has 1 aromatic rings. The van der Waals surface area contributed by atoms with Crippen LogP contribution in [0.5, 0.6) is 0 Å². The molecule has 4 nitrogen and oxygen atoms in total. The SMILES string of the molecule is CC1=C2CC3C(CC2(C)CCC1)OC(=O)C3CNCc1ccccn1. The summed E-state index contributed by atoms with van der Waals surface area (Å²) in [6, 6.07) is 5.91. The quantitative estimate of drug-likeness (QED) is 0.672. The van der Waals surface area contributed by atoms with Gasteiger partial charge in [-0.2, -0.15) is 0 Å². The molecule has 134 valence electrons. The van der Waals surface area contributed by atoms with Gasteiger partial charge in [-0.3, -0.25) is 9.78 Å². The molecule has 2 aliphatic carbocycles. The third kappa shape index (κ3) is 3.12. The monoisotopic (exact) mass is 340 g/mol. The van der Waals surface area contributed by atoms with Crippen LogP contribution in [0.2, 0.25) is 0 Å². The summed E-state index contributed by atoms with van der Waals surface area (Å²) in [7, 11) is 0. The smallest absolute Gasteiger partial charge is 0.310 e. The molecule has 4 atom stereocenters. The number of allylic oxidation sites excluding steroid dienone is 2. The van der Waals surface area contributed by atoms with E-state index in [0.717, 1.165) is 18.5 Å². The van der Waals surface area contributed by atoms with Crippen LogP contribution < -0.4 is 5.32 Å². The molecule has 1 N–H and O–H groups in total. The number of nitrogens with one attached hydrogen (secondary N) is 1. The third-order valence-electron chi connectivity index (χ3n) is 6.58. The Balaban J connectivity index is 1.45. The average Bonchev–Trinajstić information content (AvgIpc) is 2.88. The zero-order valence-electron chi connectivity index (χ0n) is 15.3. The molecule has 3 aliphatic rings. The minimum atomic E-state index is -0.0273. The minimum absolute atomic E-state index is 0.0102. The van der Waals surface area contributed by atoms with Gasteiger partial charge in [-0.05, 0) is 56.6 Å². The zero-order chi connectivity index (χ0) is 17.4. The van der Waals surface area contributed by atoms with Gasteiger partial charge in [0.05, 0.1) is 11.6 Å². The van der Waals surface area contributed by atoms with E-state index in [-0.39, 0.29) is 23.4 Å². The van der Waals surface area contributed by atoms with Gasteiger partial charge in [0.2, 0.25) is 0 Å². The molecule has 0 bridgehead atoms. The number of hydrogen-bond donors (Lipinski definition) is 1. The van der Waals surface area contributed by atoms with Crippen LogP contribution >= 0.6 is 0 Å². The fourth-order valence-corrected chi connectivity index (χ4v) is 5.20. The lowest BCUT2D eigenvalue weighted by atomic mass is 9.59. The highest BCUT2D eigenvalue weighted by molar-refractivity contribution is 5.76. The van der Waals surface area contributed by atoms with E-state index in [1.165, 1.54) is 19.3 Å². The molecular weight excluding hydrogens is 312 g/mol. The number of pyridine rings is 1. The zero-order valence-corrected chi connectivity index (χ0v) is 15.3. The maximum atomic E-state index is 12.5. The number of rotatable bonds is 4. The number of esters is 1. The molecule has 1 aromatic heterocycles. The molecule has 0 aromatic carbocycles. The predicted octanol–water partition coefficient (Wildman–Crippen LogP) is 3.63. The van der Waals surface area contributed by atoms with Crippen molar-refractivity contribution in [1.29, 1.82) is 0 Å². The summed E-state index contributed by atoms with van der Waals surface area (Å²) >= 11 is 0. The number of carbonyl (C=O) groups is 1. The van der Waals surface area contributed by atoms with Crippen molar-refractivity contribution in [1.82, 2.24) is 10.3 Å². The fraction of sp³-hybridized carbons (Fsp3) is 0.619. The maximum absolute atomic E-state index is 12.5. The van der Waals surface area contributed by atoms with Crippen LogP contribution in [-0.2, 0) is 16.1 Å². The first-order chi connectivity index (χ1) is 12.1. The second kappa shape index (κ2) is 6.56. The van der Waals surface area contributed by atoms with E-state index in [1.807, 2.05) is 18.2 Å². The Hall–Kier alpha value is -1.68. The number of nitrogens with zero attached hydrogens (tertiary/aromatic N) is 1. The van der Waals surface area contributed by atoms with Crippen LogP contribution in [0.15, 0.2) is 35.5 Å². The summed E-state index contributed by atoms with van der Waals surface area (Å²) in [6.45, 7) is 6.04. The molecular formula is C21H28N2O2. The first-order valence-electron chi connectivity index (χ1n) is 9.57. The van der Waals surface area contributed by atoms with Crippen LogP contribution in [0, 0.1) is 17.3 Å². The van der Waals surface area contributed by atoms with E-state index in [2.05, 4.69) is 24.1 Å². The molecule has 2 fully saturated rings. The van der Waals surface area contributed by atoms with Gasteiger partial charge in [-0.1, -0.05) is 24.1 Å². The first kappa shape index (κ1) is 16.8. The van der Waals surface area contributed by atoms with Crippen LogP contribution in [0.4, 0.5) is 0 Å². The van der Waals surface area contributed by atoms with Gasteiger partial charge in [0.25, 0.3) is 0 Å². The maximum Gasteiger partial charge on any atom is 0.310 e. The van der Waals surface area contributed by atoms with Crippen molar-refractivity contribution >= 4 is 5.97 Å². The molecule has 4 rings (SSSR count). The third-order valence-corrected chi connectivity index (χ3v) is 6.58. The first-order valence-corrected chi connectivity index (χ1v) is 9.57. The highest BCUT2D eigenvalue weighted by Gasteiger charge is 2.52. The summed E-state index contributed by atoms with van der Waals surface area (Å²) in [4.78, 5) is 16.8. The Kier molecular flexibility index (Phi) is 4.40. The van der Waals surface area contributed by atoms with E-state index in [0.29, 0.717) is 19.0 Å². The molecule has 0 amide bonds. The van der Waals surface area contributed by atoms with Gasteiger partial charge >= 0.3 is 5.97 Å². The second-order valence-electron chi connectivity index (χ2n) is 8.28. The van der Waals surface area contributed by atoms with Gasteiger partial charge < -0.3 is 10.1 Å². The van der Waals surface area contributed by atoms with Crippen LogP contribution in [-0.4, -0.2) is 23.6 Å². The Morgan fingerprint density at radius 2 is 2.28 bits per heavy atom. The largest absolute Gasteiger partial charge is 0.462 e. The summed E-state index contributed by atoms with van der Waals surface area (Å²) in [5.74, 6) is 0.296. The number of fused-ring (bicyclic) bond motifs is 2. The van der Waals surface area contributed by atoms with Crippen molar-refractivity contribution < 1.29 is 9.53 Å². The normalized spacial score (nSPS) is 34.5. The fourth-order valence-electron chi connectivity index (χ4n) is 5.20. The molecule has 1 aliphatic heterocycles. The van der Waals surface area contributed by atoms with E-state index in [9.17, 15) is 4.79 Å². The number of aromatic nitrogens is 1. The van der Waals surface area contributed by atoms with Crippen LogP contribution in [0.3, 0.4) is 0 Å². The second-order valence-corrected chi connectivity index (χ2v) is 8.28. The predicted molar refractivity (Wildman–Crippen MR) is 96.7 cm³/mol. The van der Waals surface area contributed by atoms with Gasteiger partial charge in [0, 0.05) is 25.2 Å². The lowest BCUT2D eigenvalue weighted by Gasteiger charge is -2.45. The van der Waals surface area contributed by atoms with Gasteiger partial charge in [-0.25, -0.2) is 0 Å². The summed E-state index contributed by atoms with van der Waals surface area (Å²) < 4.78 is 5.81. The van der Waals surface area contributed by atoms with Crippen LogP contribution in [0.25, 0.3) is 0 Å². The molecule has 4 unspecified atom stereocenters. The molecule has 4 heteroatoms. The highest BCUT2D eigenvalue weighted by Crippen LogP contribution is 2.54. The Morgan fingerprint density at radius 3 is 3.08 bits per heavy atom. The summed E-state index contributed by atoms with van der Waals surface area (Å²) in [5.41, 5.74) is 4.44. The molecule has 2 heterocycles. The van der Waals surface area contributed by atoms with Crippen molar-refractivity contribution in [2.75, 3.05) is 6.54 Å². The van der Waals surface area contributed by atoms with Crippen molar-refractivity contribution in [2.24, 2.45) is 17.3 Å². The standard InChI is InChI=1S/C21H28N2O2/c1-14-6-5-8-21(2)11-19-16(10-18(14)21)17(20(24)25-19)13-22-12-15-7-3-4-9-23-15/h3-4,7,9,16-17,19,22H,5-6,8,10-13H2,1-2H3. The lowest BCUT2D eigenvalue weighted by molar-refractivity contribution is -0.145. The van der Waals surface area contributed by atoms with Crippen molar-refractivity contribution in [3.05, 3.63) is 41.2 Å². The molecule has 1 saturated carbocycles. The molecule has 25 heavy (non-hydrogen) atoms. The van der Waals surface area contributed by atoms with E-state index in [4.69, 9.17) is 4.74 Å². The van der Waals surface area contributed by atoms with Gasteiger partial charge in [0.1, 0.15) is 6.10 Å². The van der Waals surface area contributed by atoms with Crippen LogP contribution in [0.1, 0.15) is 51.6 Å². The van der Waals surface area contributed by atoms with Gasteiger partial charge in [-0.15, -0.1) is 0 Å². The van der Waals surface area contributed by atoms with Gasteiger partial charge in [0.15, 0.2) is 0 Å². The van der Waals surface area contributed by atoms with Crippen molar-refractivity contribution in [3.63, 3.8) is 0 Å². The van der Waals surface area contributed by atoms with Crippen molar-refractivity contribution in [3.8, 4) is 0 Å². The molecule has 0 spiro atoms. The van der Waals surface area contributed by atoms with E-state index < -0.39 is 0 Å². The molecule has 1 saturated heterocycles. The minimum Gasteiger partial charge on any atom is -0.462 e. The number of carbonyl (C=O) groups excluding carboxylic acids is 1. The molecule has 0 radical (unpaired) electrons.